The quantitative estimate of drug-likeness (QED) is 0.663. The van der Waals surface area contributed by atoms with E-state index in [1.54, 1.807) is 0 Å². The van der Waals surface area contributed by atoms with Crippen molar-refractivity contribution in [2.45, 2.75) is 70.7 Å². The molecule has 30 heavy (non-hydrogen) atoms. The van der Waals surface area contributed by atoms with Gasteiger partial charge in [0.25, 0.3) is 5.91 Å². The highest BCUT2D eigenvalue weighted by Crippen LogP contribution is 2.55. The topological polar surface area (TPSA) is 65.4 Å². The summed E-state index contributed by atoms with van der Waals surface area (Å²) >= 11 is 0. The summed E-state index contributed by atoms with van der Waals surface area (Å²) < 4.78 is 13.2. The molecule has 6 nitrogen and oxygen atoms in total. The Bertz CT molecular complexity index is 886. The highest BCUT2D eigenvalue weighted by atomic mass is 16.7. The lowest BCUT2D eigenvalue weighted by atomic mass is 9.53. The minimum Gasteiger partial charge on any atom is -0.353 e. The van der Waals surface area contributed by atoms with Gasteiger partial charge in [-0.2, -0.15) is 0 Å². The molecule has 6 rings (SSSR count). The average Bonchev–Trinajstić information content (AvgIpc) is 3.06. The first-order valence-electron chi connectivity index (χ1n) is 11.6. The number of hydrogen-bond donors (Lipinski definition) is 1. The molecule has 0 radical (unpaired) electrons. The van der Waals surface area contributed by atoms with Gasteiger partial charge in [-0.25, -0.2) is 4.98 Å². The zero-order valence-corrected chi connectivity index (χ0v) is 18.1. The van der Waals surface area contributed by atoms with Gasteiger partial charge in [-0.1, -0.05) is 12.1 Å². The molecule has 2 aromatic rings. The molecule has 4 aliphatic carbocycles. The highest BCUT2D eigenvalue weighted by molar-refractivity contribution is 5.95. The summed E-state index contributed by atoms with van der Waals surface area (Å²) in [5, 5.41) is 3.47. The zero-order valence-electron chi connectivity index (χ0n) is 18.1. The molecule has 6 heteroatoms. The molecule has 1 N–H and O–H groups in total. The van der Waals surface area contributed by atoms with E-state index in [1.165, 1.54) is 19.3 Å². The Kier molecular flexibility index (Phi) is 5.31. The van der Waals surface area contributed by atoms with Crippen LogP contribution in [-0.4, -0.2) is 40.5 Å². The predicted molar refractivity (Wildman–Crippen MR) is 115 cm³/mol. The van der Waals surface area contributed by atoms with E-state index in [9.17, 15) is 4.79 Å². The number of fused-ring (bicyclic) bond motifs is 1. The van der Waals surface area contributed by atoms with Crippen LogP contribution in [0.25, 0.3) is 11.0 Å². The summed E-state index contributed by atoms with van der Waals surface area (Å²) in [5.74, 6) is 2.85. The van der Waals surface area contributed by atoms with Crippen molar-refractivity contribution in [3.63, 3.8) is 0 Å². The molecule has 0 aliphatic heterocycles. The number of ether oxygens (including phenoxy) is 2. The van der Waals surface area contributed by atoms with Gasteiger partial charge in [0.05, 0.1) is 17.6 Å². The molecule has 1 unspecified atom stereocenters. The van der Waals surface area contributed by atoms with Crippen LogP contribution in [0.5, 0.6) is 0 Å². The number of aromatic nitrogens is 2. The molecule has 0 spiro atoms. The van der Waals surface area contributed by atoms with Crippen LogP contribution in [0.4, 0.5) is 0 Å². The summed E-state index contributed by atoms with van der Waals surface area (Å²) in [6.45, 7) is 5.51. The standard InChI is InChI=1S/C24H33N3O3/c1-3-29-16(2)30-9-8-27-21-7-5-4-6-20(21)25-22(27)23(28)26-24-13-17-10-18(14-24)12-19(11-17)15-24/h4-7,16-19H,3,8-15H2,1-2H3,(H,26,28). The van der Waals surface area contributed by atoms with Gasteiger partial charge in [0.15, 0.2) is 12.1 Å². The van der Waals surface area contributed by atoms with Gasteiger partial charge in [-0.15, -0.1) is 0 Å². The first-order valence-corrected chi connectivity index (χ1v) is 11.6. The summed E-state index contributed by atoms with van der Waals surface area (Å²) in [4.78, 5) is 18.2. The second kappa shape index (κ2) is 7.97. The molecule has 1 atom stereocenters. The third kappa shape index (κ3) is 3.76. The Hall–Kier alpha value is -1.92. The molecule has 4 fully saturated rings. The number of imidazole rings is 1. The van der Waals surface area contributed by atoms with E-state index in [1.807, 2.05) is 42.7 Å². The Balaban J connectivity index is 1.36. The van der Waals surface area contributed by atoms with Crippen LogP contribution < -0.4 is 5.32 Å². The lowest BCUT2D eigenvalue weighted by Crippen LogP contribution is -2.60. The maximum atomic E-state index is 13.5. The van der Waals surface area contributed by atoms with Crippen molar-refractivity contribution < 1.29 is 14.3 Å². The maximum Gasteiger partial charge on any atom is 0.287 e. The molecule has 1 aromatic heterocycles. The van der Waals surface area contributed by atoms with E-state index < -0.39 is 0 Å². The van der Waals surface area contributed by atoms with Crippen molar-refractivity contribution in [3.05, 3.63) is 30.1 Å². The van der Waals surface area contributed by atoms with Gasteiger partial charge in [-0.3, -0.25) is 4.79 Å². The number of nitrogens with one attached hydrogen (secondary N) is 1. The van der Waals surface area contributed by atoms with Crippen LogP contribution in [0.3, 0.4) is 0 Å². The van der Waals surface area contributed by atoms with Crippen LogP contribution in [0.2, 0.25) is 0 Å². The van der Waals surface area contributed by atoms with Crippen molar-refractivity contribution in [1.29, 1.82) is 0 Å². The number of para-hydroxylation sites is 2. The molecule has 1 heterocycles. The van der Waals surface area contributed by atoms with Gasteiger partial charge in [0.2, 0.25) is 0 Å². The first-order chi connectivity index (χ1) is 14.5. The molecule has 162 valence electrons. The Morgan fingerprint density at radius 3 is 2.50 bits per heavy atom. The number of benzene rings is 1. The second-order valence-electron chi connectivity index (χ2n) is 9.62. The van der Waals surface area contributed by atoms with Gasteiger partial charge < -0.3 is 19.4 Å². The van der Waals surface area contributed by atoms with Crippen molar-refractivity contribution in [2.24, 2.45) is 17.8 Å². The number of hydrogen-bond acceptors (Lipinski definition) is 4. The van der Waals surface area contributed by atoms with E-state index in [4.69, 9.17) is 14.5 Å². The fourth-order valence-electron chi connectivity index (χ4n) is 6.63. The molecular weight excluding hydrogens is 378 g/mol. The van der Waals surface area contributed by atoms with E-state index in [-0.39, 0.29) is 17.7 Å². The number of carbonyl (C=O) groups excluding carboxylic acids is 1. The highest BCUT2D eigenvalue weighted by Gasteiger charge is 2.51. The second-order valence-corrected chi connectivity index (χ2v) is 9.62. The summed E-state index contributed by atoms with van der Waals surface area (Å²) in [5.41, 5.74) is 1.81. The number of carbonyl (C=O) groups is 1. The minimum atomic E-state index is -0.255. The van der Waals surface area contributed by atoms with Crippen LogP contribution in [-0.2, 0) is 16.0 Å². The largest absolute Gasteiger partial charge is 0.353 e. The van der Waals surface area contributed by atoms with Crippen molar-refractivity contribution in [2.75, 3.05) is 13.2 Å². The van der Waals surface area contributed by atoms with Gasteiger partial charge in [-0.05, 0) is 82.3 Å². The average molecular weight is 412 g/mol. The number of nitrogens with zero attached hydrogens (tertiary/aromatic N) is 2. The monoisotopic (exact) mass is 411 g/mol. The van der Waals surface area contributed by atoms with Gasteiger partial charge in [0, 0.05) is 18.7 Å². The summed E-state index contributed by atoms with van der Waals surface area (Å²) in [7, 11) is 0. The van der Waals surface area contributed by atoms with E-state index in [0.29, 0.717) is 25.6 Å². The molecule has 1 amide bonds. The fourth-order valence-corrected chi connectivity index (χ4v) is 6.63. The van der Waals surface area contributed by atoms with Gasteiger partial charge >= 0.3 is 0 Å². The van der Waals surface area contributed by atoms with E-state index in [2.05, 4.69) is 5.32 Å². The van der Waals surface area contributed by atoms with Crippen molar-refractivity contribution in [1.82, 2.24) is 14.9 Å². The number of rotatable bonds is 8. The lowest BCUT2D eigenvalue weighted by Gasteiger charge is -2.56. The van der Waals surface area contributed by atoms with Gasteiger partial charge in [0.1, 0.15) is 0 Å². The van der Waals surface area contributed by atoms with Crippen molar-refractivity contribution >= 4 is 16.9 Å². The molecular formula is C24H33N3O3. The third-order valence-electron chi connectivity index (χ3n) is 7.34. The van der Waals surface area contributed by atoms with E-state index in [0.717, 1.165) is 48.0 Å². The number of amides is 1. The normalized spacial score (nSPS) is 30.7. The maximum absolute atomic E-state index is 13.5. The Labute approximate surface area is 178 Å². The molecule has 4 bridgehead atoms. The third-order valence-corrected chi connectivity index (χ3v) is 7.34. The zero-order chi connectivity index (χ0) is 20.7. The predicted octanol–water partition coefficient (Wildman–Crippen LogP) is 4.13. The first kappa shape index (κ1) is 20.0. The Morgan fingerprint density at radius 1 is 1.17 bits per heavy atom. The smallest absolute Gasteiger partial charge is 0.287 e. The molecule has 0 saturated heterocycles. The van der Waals surface area contributed by atoms with Crippen LogP contribution in [0, 0.1) is 17.8 Å². The van der Waals surface area contributed by atoms with Crippen LogP contribution in [0.1, 0.15) is 63.0 Å². The molecule has 4 aliphatic rings. The summed E-state index contributed by atoms with van der Waals surface area (Å²) in [6.07, 6.45) is 7.25. The fraction of sp³-hybridized carbons (Fsp3) is 0.667. The minimum absolute atomic E-state index is 0.0191. The Morgan fingerprint density at radius 2 is 1.83 bits per heavy atom. The van der Waals surface area contributed by atoms with E-state index >= 15 is 0 Å². The van der Waals surface area contributed by atoms with Crippen LogP contribution in [0.15, 0.2) is 24.3 Å². The summed E-state index contributed by atoms with van der Waals surface area (Å²) in [6, 6.07) is 7.95. The SMILES string of the molecule is CCOC(C)OCCn1c(C(=O)NC23CC4CC(CC(C4)C2)C3)nc2ccccc21. The lowest BCUT2D eigenvalue weighted by molar-refractivity contribution is -0.128. The van der Waals surface area contributed by atoms with Crippen molar-refractivity contribution in [3.8, 4) is 0 Å². The molecule has 1 aromatic carbocycles. The molecule has 4 saturated carbocycles. The van der Waals surface area contributed by atoms with Crippen LogP contribution >= 0.6 is 0 Å².